The number of carbonyl (C=O) groups excluding carboxylic acids is 1. The summed E-state index contributed by atoms with van der Waals surface area (Å²) in [4.78, 5) is 14.5. The highest BCUT2D eigenvalue weighted by atomic mass is 32.2. The van der Waals surface area contributed by atoms with Crippen LogP contribution >= 0.6 is 11.8 Å². The van der Waals surface area contributed by atoms with Crippen molar-refractivity contribution < 1.29 is 9.53 Å². The van der Waals surface area contributed by atoms with Gasteiger partial charge in [0.1, 0.15) is 0 Å². The summed E-state index contributed by atoms with van der Waals surface area (Å²) in [5.41, 5.74) is 0.344. The van der Waals surface area contributed by atoms with E-state index in [1.807, 2.05) is 16.7 Å². The van der Waals surface area contributed by atoms with Crippen molar-refractivity contribution in [1.82, 2.24) is 10.2 Å². The molecule has 122 valence electrons. The van der Waals surface area contributed by atoms with Gasteiger partial charge in [0.15, 0.2) is 0 Å². The van der Waals surface area contributed by atoms with E-state index < -0.39 is 0 Å². The van der Waals surface area contributed by atoms with Gasteiger partial charge in [-0.1, -0.05) is 27.7 Å². The highest BCUT2D eigenvalue weighted by Crippen LogP contribution is 2.39. The lowest BCUT2D eigenvalue weighted by Gasteiger charge is -2.32. The molecule has 2 aliphatic rings. The molecule has 0 bridgehead atoms. The normalized spacial score (nSPS) is 28.7. The summed E-state index contributed by atoms with van der Waals surface area (Å²) in [6, 6.07) is 0.432. The van der Waals surface area contributed by atoms with Gasteiger partial charge < -0.3 is 15.0 Å². The average Bonchev–Trinajstić information content (AvgIpc) is 2.93. The highest BCUT2D eigenvalue weighted by Gasteiger charge is 2.35. The summed E-state index contributed by atoms with van der Waals surface area (Å²) in [7, 11) is 0. The lowest BCUT2D eigenvalue weighted by atomic mass is 9.88. The Morgan fingerprint density at radius 1 is 1.38 bits per heavy atom. The first kappa shape index (κ1) is 17.1. The number of hydrogen-bond acceptors (Lipinski definition) is 4. The predicted octanol–water partition coefficient (Wildman–Crippen LogP) is 2.13. The molecule has 0 aromatic heterocycles. The summed E-state index contributed by atoms with van der Waals surface area (Å²) >= 11 is 2.05. The zero-order chi connectivity index (χ0) is 15.5. The van der Waals surface area contributed by atoms with Crippen molar-refractivity contribution in [1.29, 1.82) is 0 Å². The molecule has 0 aliphatic carbocycles. The number of nitrogens with one attached hydrogen (secondary N) is 1. The largest absolute Gasteiger partial charge is 0.378 e. The maximum Gasteiger partial charge on any atom is 0.239 e. The zero-order valence-corrected chi connectivity index (χ0v) is 14.7. The van der Waals surface area contributed by atoms with Crippen LogP contribution in [0.3, 0.4) is 0 Å². The molecular weight excluding hydrogens is 284 g/mol. The number of hydrogen-bond donors (Lipinski definition) is 1. The minimum Gasteiger partial charge on any atom is -0.378 e. The maximum atomic E-state index is 12.6. The molecular formula is C16H30N2O2S. The number of morpholine rings is 1. The quantitative estimate of drug-likeness (QED) is 0.863. The molecule has 2 aliphatic heterocycles. The van der Waals surface area contributed by atoms with Crippen molar-refractivity contribution in [2.24, 2.45) is 5.41 Å². The first-order chi connectivity index (χ1) is 9.91. The second kappa shape index (κ2) is 7.34. The van der Waals surface area contributed by atoms with Gasteiger partial charge in [-0.3, -0.25) is 4.79 Å². The summed E-state index contributed by atoms with van der Waals surface area (Å²) < 4.78 is 5.33. The smallest absolute Gasteiger partial charge is 0.239 e. The Labute approximate surface area is 133 Å². The van der Waals surface area contributed by atoms with Gasteiger partial charge in [-0.05, 0) is 18.3 Å². The Balaban J connectivity index is 1.86. The second-order valence-corrected chi connectivity index (χ2v) is 8.42. The lowest BCUT2D eigenvalue weighted by Crippen LogP contribution is -2.52. The van der Waals surface area contributed by atoms with Crippen molar-refractivity contribution in [2.45, 2.75) is 57.9 Å². The summed E-state index contributed by atoms with van der Waals surface area (Å²) in [5, 5.41) is 4.30. The van der Waals surface area contributed by atoms with Crippen molar-refractivity contribution >= 4 is 17.7 Å². The SMILES string of the molecule is CCC(NC1CSC(C(C)(C)C)C1)C(=O)N1CCOCC1. The van der Waals surface area contributed by atoms with Crippen LogP contribution in [0.5, 0.6) is 0 Å². The maximum absolute atomic E-state index is 12.6. The molecule has 2 fully saturated rings. The fraction of sp³-hybridized carbons (Fsp3) is 0.938. The Bertz CT molecular complexity index is 351. The summed E-state index contributed by atoms with van der Waals surface area (Å²) in [6.07, 6.45) is 2.03. The molecule has 5 heteroatoms. The van der Waals surface area contributed by atoms with Crippen LogP contribution in [0.2, 0.25) is 0 Å². The van der Waals surface area contributed by atoms with Crippen LogP contribution in [0, 0.1) is 5.41 Å². The van der Waals surface area contributed by atoms with Crippen molar-refractivity contribution in [3.8, 4) is 0 Å². The molecule has 2 rings (SSSR count). The van der Waals surface area contributed by atoms with Crippen LogP contribution in [-0.2, 0) is 9.53 Å². The Hall–Kier alpha value is -0.260. The number of rotatable bonds is 4. The first-order valence-corrected chi connectivity index (χ1v) is 9.21. The van der Waals surface area contributed by atoms with Gasteiger partial charge in [-0.25, -0.2) is 0 Å². The van der Waals surface area contributed by atoms with Gasteiger partial charge in [0.25, 0.3) is 0 Å². The monoisotopic (exact) mass is 314 g/mol. The van der Waals surface area contributed by atoms with E-state index in [0.717, 1.165) is 25.3 Å². The van der Waals surface area contributed by atoms with Crippen molar-refractivity contribution in [3.05, 3.63) is 0 Å². The second-order valence-electron chi connectivity index (χ2n) is 7.19. The van der Waals surface area contributed by atoms with Crippen LogP contribution in [-0.4, -0.2) is 60.2 Å². The molecule has 1 amide bonds. The van der Waals surface area contributed by atoms with E-state index in [1.165, 1.54) is 6.42 Å². The first-order valence-electron chi connectivity index (χ1n) is 8.16. The van der Waals surface area contributed by atoms with E-state index >= 15 is 0 Å². The van der Waals surface area contributed by atoms with Crippen LogP contribution in [0.25, 0.3) is 0 Å². The molecule has 0 spiro atoms. The van der Waals surface area contributed by atoms with E-state index in [4.69, 9.17) is 4.74 Å². The number of amides is 1. The van der Waals surface area contributed by atoms with E-state index in [9.17, 15) is 4.79 Å². The van der Waals surface area contributed by atoms with Crippen LogP contribution in [0.15, 0.2) is 0 Å². The van der Waals surface area contributed by atoms with Gasteiger partial charge in [0, 0.05) is 30.1 Å². The Kier molecular flexibility index (Phi) is 5.97. The van der Waals surface area contributed by atoms with E-state index in [1.54, 1.807) is 0 Å². The third-order valence-corrected chi connectivity index (χ3v) is 6.33. The van der Waals surface area contributed by atoms with E-state index in [-0.39, 0.29) is 11.9 Å². The number of carbonyl (C=O) groups is 1. The predicted molar refractivity (Wildman–Crippen MR) is 88.7 cm³/mol. The van der Waals surface area contributed by atoms with E-state index in [2.05, 4.69) is 33.0 Å². The molecule has 2 saturated heterocycles. The molecule has 21 heavy (non-hydrogen) atoms. The summed E-state index contributed by atoms with van der Waals surface area (Å²) in [6.45, 7) is 11.8. The fourth-order valence-electron chi connectivity index (χ4n) is 3.00. The zero-order valence-electron chi connectivity index (χ0n) is 13.9. The van der Waals surface area contributed by atoms with Gasteiger partial charge in [-0.2, -0.15) is 11.8 Å². The van der Waals surface area contributed by atoms with Crippen LogP contribution < -0.4 is 5.32 Å². The van der Waals surface area contributed by atoms with Gasteiger partial charge in [0.2, 0.25) is 5.91 Å². The van der Waals surface area contributed by atoms with Crippen LogP contribution in [0.4, 0.5) is 0 Å². The molecule has 0 saturated carbocycles. The number of nitrogens with zero attached hydrogens (tertiary/aromatic N) is 1. The van der Waals surface area contributed by atoms with E-state index in [0.29, 0.717) is 29.9 Å². The molecule has 0 aromatic rings. The number of ether oxygens (including phenoxy) is 1. The van der Waals surface area contributed by atoms with Crippen molar-refractivity contribution in [3.63, 3.8) is 0 Å². The average molecular weight is 314 g/mol. The molecule has 4 nitrogen and oxygen atoms in total. The summed E-state index contributed by atoms with van der Waals surface area (Å²) in [5.74, 6) is 1.37. The van der Waals surface area contributed by atoms with Gasteiger partial charge >= 0.3 is 0 Å². The number of thioether (sulfide) groups is 1. The van der Waals surface area contributed by atoms with Crippen LogP contribution in [0.1, 0.15) is 40.5 Å². The third kappa shape index (κ3) is 4.60. The minimum atomic E-state index is -0.0348. The molecule has 2 heterocycles. The fourth-order valence-corrected chi connectivity index (χ4v) is 4.56. The molecule has 3 unspecified atom stereocenters. The molecule has 3 atom stereocenters. The minimum absolute atomic E-state index is 0.0348. The molecule has 0 aromatic carbocycles. The Morgan fingerprint density at radius 2 is 2.05 bits per heavy atom. The Morgan fingerprint density at radius 3 is 2.57 bits per heavy atom. The third-order valence-electron chi connectivity index (χ3n) is 4.43. The van der Waals surface area contributed by atoms with Gasteiger partial charge in [-0.15, -0.1) is 0 Å². The molecule has 1 N–H and O–H groups in total. The topological polar surface area (TPSA) is 41.6 Å². The van der Waals surface area contributed by atoms with Gasteiger partial charge in [0.05, 0.1) is 19.3 Å². The lowest BCUT2D eigenvalue weighted by molar-refractivity contribution is -0.137. The highest BCUT2D eigenvalue weighted by molar-refractivity contribution is 8.00. The standard InChI is InChI=1S/C16H30N2O2S/c1-5-13(15(19)18-6-8-20-9-7-18)17-12-10-14(21-11-12)16(2,3)4/h12-14,17H,5-11H2,1-4H3. The molecule has 0 radical (unpaired) electrons. The van der Waals surface area contributed by atoms with Crippen molar-refractivity contribution in [2.75, 3.05) is 32.1 Å².